The van der Waals surface area contributed by atoms with E-state index in [1.54, 1.807) is 4.90 Å². The van der Waals surface area contributed by atoms with Crippen LogP contribution in [0.25, 0.3) is 0 Å². The maximum Gasteiger partial charge on any atom is 0.241 e. The molecule has 0 spiro atoms. The largest absolute Gasteiger partial charge is 0.381 e. The van der Waals surface area contributed by atoms with Crippen molar-refractivity contribution in [3.63, 3.8) is 0 Å². The Hall–Kier alpha value is -1.14. The molecule has 3 N–H and O–H groups in total. The number of nitrogens with two attached hydrogens (primary N) is 1. The maximum atomic E-state index is 12.0. The molecule has 1 heterocycles. The van der Waals surface area contributed by atoms with E-state index in [-0.39, 0.29) is 18.4 Å². The zero-order chi connectivity index (χ0) is 13.6. The van der Waals surface area contributed by atoms with Crippen LogP contribution in [0.2, 0.25) is 0 Å². The van der Waals surface area contributed by atoms with E-state index in [0.717, 1.165) is 0 Å². The molecule has 0 aliphatic carbocycles. The minimum absolute atomic E-state index is 0.0142. The highest BCUT2D eigenvalue weighted by atomic mass is 16.5. The molecular formula is C12H23N3O3. The molecule has 0 aromatic rings. The molecule has 1 fully saturated rings. The van der Waals surface area contributed by atoms with Crippen LogP contribution in [0.15, 0.2) is 0 Å². The molecular weight excluding hydrogens is 234 g/mol. The number of rotatable bonds is 5. The van der Waals surface area contributed by atoms with E-state index in [9.17, 15) is 9.59 Å². The fourth-order valence-electron chi connectivity index (χ4n) is 1.98. The second kappa shape index (κ2) is 6.70. The molecule has 0 unspecified atom stereocenters. The number of amides is 2. The van der Waals surface area contributed by atoms with Crippen LogP contribution in [0, 0.1) is 0 Å². The molecule has 0 radical (unpaired) electrons. The Morgan fingerprint density at radius 2 is 1.83 bits per heavy atom. The summed E-state index contributed by atoms with van der Waals surface area (Å²) in [7, 11) is 0. The first-order valence-electron chi connectivity index (χ1n) is 6.46. The SMILES string of the molecule is CCN(CC)C(=O)CNC(=O)C1(N)CCOCC1. The number of ether oxygens (including phenoxy) is 1. The standard InChI is InChI=1S/C12H23N3O3/c1-3-15(4-2)10(16)9-14-11(17)12(13)5-7-18-8-6-12/h3-9,13H2,1-2H3,(H,14,17). The fraction of sp³-hybridized carbons (Fsp3) is 0.833. The number of hydrogen-bond acceptors (Lipinski definition) is 4. The smallest absolute Gasteiger partial charge is 0.241 e. The number of likely N-dealkylation sites (N-methyl/N-ethyl adjacent to an activating group) is 1. The van der Waals surface area contributed by atoms with Gasteiger partial charge < -0.3 is 20.7 Å². The van der Waals surface area contributed by atoms with Crippen molar-refractivity contribution < 1.29 is 14.3 Å². The molecule has 0 aromatic carbocycles. The van der Waals surface area contributed by atoms with E-state index < -0.39 is 5.54 Å². The number of hydrogen-bond donors (Lipinski definition) is 2. The van der Waals surface area contributed by atoms with Gasteiger partial charge in [0.2, 0.25) is 11.8 Å². The lowest BCUT2D eigenvalue weighted by Crippen LogP contribution is -2.58. The van der Waals surface area contributed by atoms with Crippen molar-refractivity contribution in [3.05, 3.63) is 0 Å². The molecule has 2 amide bonds. The lowest BCUT2D eigenvalue weighted by atomic mass is 9.90. The van der Waals surface area contributed by atoms with Crippen molar-refractivity contribution in [2.75, 3.05) is 32.8 Å². The van der Waals surface area contributed by atoms with Crippen molar-refractivity contribution in [2.45, 2.75) is 32.2 Å². The van der Waals surface area contributed by atoms with Gasteiger partial charge in [-0.05, 0) is 26.7 Å². The van der Waals surface area contributed by atoms with Crippen LogP contribution < -0.4 is 11.1 Å². The Labute approximate surface area is 108 Å². The third kappa shape index (κ3) is 3.68. The second-order valence-electron chi connectivity index (χ2n) is 4.52. The summed E-state index contributed by atoms with van der Waals surface area (Å²) >= 11 is 0. The molecule has 0 aromatic heterocycles. The van der Waals surface area contributed by atoms with Crippen LogP contribution in [-0.4, -0.2) is 55.1 Å². The lowest BCUT2D eigenvalue weighted by Gasteiger charge is -2.32. The van der Waals surface area contributed by atoms with Gasteiger partial charge in [-0.1, -0.05) is 0 Å². The average Bonchev–Trinajstić information content (AvgIpc) is 2.38. The first-order chi connectivity index (χ1) is 8.53. The highest BCUT2D eigenvalue weighted by molar-refractivity contribution is 5.90. The zero-order valence-corrected chi connectivity index (χ0v) is 11.2. The van der Waals surface area contributed by atoms with E-state index in [2.05, 4.69) is 5.32 Å². The Morgan fingerprint density at radius 3 is 2.33 bits per heavy atom. The van der Waals surface area contributed by atoms with Crippen LogP contribution >= 0.6 is 0 Å². The van der Waals surface area contributed by atoms with Gasteiger partial charge in [-0.3, -0.25) is 9.59 Å². The van der Waals surface area contributed by atoms with Gasteiger partial charge in [0.25, 0.3) is 0 Å². The minimum Gasteiger partial charge on any atom is -0.381 e. The number of nitrogens with one attached hydrogen (secondary N) is 1. The van der Waals surface area contributed by atoms with Gasteiger partial charge in [-0.25, -0.2) is 0 Å². The molecule has 18 heavy (non-hydrogen) atoms. The number of carbonyl (C=O) groups is 2. The van der Waals surface area contributed by atoms with Crippen molar-refractivity contribution in [1.82, 2.24) is 10.2 Å². The van der Waals surface area contributed by atoms with E-state index in [1.807, 2.05) is 13.8 Å². The Morgan fingerprint density at radius 1 is 1.28 bits per heavy atom. The Bertz CT molecular complexity index is 297. The molecule has 0 saturated carbocycles. The summed E-state index contributed by atoms with van der Waals surface area (Å²) in [4.78, 5) is 25.4. The predicted octanol–water partition coefficient (Wildman–Crippen LogP) is -0.521. The van der Waals surface area contributed by atoms with E-state index in [0.29, 0.717) is 39.1 Å². The molecule has 6 heteroatoms. The summed E-state index contributed by atoms with van der Waals surface area (Å²) in [5.74, 6) is -0.338. The summed E-state index contributed by atoms with van der Waals surface area (Å²) in [6.45, 7) is 6.11. The van der Waals surface area contributed by atoms with Gasteiger partial charge in [-0.15, -0.1) is 0 Å². The van der Waals surface area contributed by atoms with Crippen molar-refractivity contribution in [3.8, 4) is 0 Å². The van der Waals surface area contributed by atoms with Gasteiger partial charge in [-0.2, -0.15) is 0 Å². The molecule has 1 saturated heterocycles. The van der Waals surface area contributed by atoms with Crippen LogP contribution in [0.3, 0.4) is 0 Å². The third-order valence-electron chi connectivity index (χ3n) is 3.35. The molecule has 104 valence electrons. The second-order valence-corrected chi connectivity index (χ2v) is 4.52. The fourth-order valence-corrected chi connectivity index (χ4v) is 1.98. The van der Waals surface area contributed by atoms with E-state index in [1.165, 1.54) is 0 Å². The van der Waals surface area contributed by atoms with Gasteiger partial charge in [0, 0.05) is 26.3 Å². The summed E-state index contributed by atoms with van der Waals surface area (Å²) in [6, 6.07) is 0. The number of nitrogens with zero attached hydrogens (tertiary/aromatic N) is 1. The van der Waals surface area contributed by atoms with Crippen molar-refractivity contribution in [2.24, 2.45) is 5.73 Å². The molecule has 1 aliphatic heterocycles. The monoisotopic (exact) mass is 257 g/mol. The van der Waals surface area contributed by atoms with Crippen LogP contribution in [0.5, 0.6) is 0 Å². The highest BCUT2D eigenvalue weighted by Crippen LogP contribution is 2.17. The maximum absolute atomic E-state index is 12.0. The summed E-state index contributed by atoms with van der Waals surface area (Å²) in [5.41, 5.74) is 5.13. The average molecular weight is 257 g/mol. The molecule has 0 bridgehead atoms. The van der Waals surface area contributed by atoms with Crippen molar-refractivity contribution in [1.29, 1.82) is 0 Å². The molecule has 1 rings (SSSR count). The normalized spacial score (nSPS) is 18.2. The minimum atomic E-state index is -0.887. The Balaban J connectivity index is 2.42. The zero-order valence-electron chi connectivity index (χ0n) is 11.2. The van der Waals surface area contributed by atoms with Crippen LogP contribution in [-0.2, 0) is 14.3 Å². The van der Waals surface area contributed by atoms with Gasteiger partial charge in [0.15, 0.2) is 0 Å². The topological polar surface area (TPSA) is 84.7 Å². The molecule has 1 aliphatic rings. The quantitative estimate of drug-likeness (QED) is 0.694. The lowest BCUT2D eigenvalue weighted by molar-refractivity contribution is -0.135. The molecule has 0 atom stereocenters. The first kappa shape index (κ1) is 14.9. The predicted molar refractivity (Wildman–Crippen MR) is 67.9 cm³/mol. The van der Waals surface area contributed by atoms with Gasteiger partial charge >= 0.3 is 0 Å². The number of carbonyl (C=O) groups excluding carboxylic acids is 2. The van der Waals surface area contributed by atoms with Crippen LogP contribution in [0.4, 0.5) is 0 Å². The van der Waals surface area contributed by atoms with Gasteiger partial charge in [0.05, 0.1) is 12.1 Å². The summed E-state index contributed by atoms with van der Waals surface area (Å²) in [5, 5.41) is 2.63. The summed E-state index contributed by atoms with van der Waals surface area (Å²) in [6.07, 6.45) is 0.997. The van der Waals surface area contributed by atoms with Crippen molar-refractivity contribution >= 4 is 11.8 Å². The third-order valence-corrected chi connectivity index (χ3v) is 3.35. The summed E-state index contributed by atoms with van der Waals surface area (Å²) < 4.78 is 5.18. The van der Waals surface area contributed by atoms with Crippen LogP contribution in [0.1, 0.15) is 26.7 Å². The van der Waals surface area contributed by atoms with E-state index >= 15 is 0 Å². The molecule has 6 nitrogen and oxygen atoms in total. The first-order valence-corrected chi connectivity index (χ1v) is 6.46. The highest BCUT2D eigenvalue weighted by Gasteiger charge is 2.35. The van der Waals surface area contributed by atoms with Gasteiger partial charge in [0.1, 0.15) is 0 Å². The Kier molecular flexibility index (Phi) is 5.55. The van der Waals surface area contributed by atoms with E-state index in [4.69, 9.17) is 10.5 Å².